The van der Waals surface area contributed by atoms with Crippen LogP contribution in [0.2, 0.25) is 5.02 Å². The summed E-state index contributed by atoms with van der Waals surface area (Å²) in [5.41, 5.74) is 1.40. The number of halogens is 1. The predicted molar refractivity (Wildman–Crippen MR) is 80.6 cm³/mol. The lowest BCUT2D eigenvalue weighted by atomic mass is 10.0. The van der Waals surface area contributed by atoms with Gasteiger partial charge in [-0.1, -0.05) is 23.7 Å². The van der Waals surface area contributed by atoms with Crippen molar-refractivity contribution >= 4 is 11.6 Å². The molecule has 0 spiro atoms. The Kier molecular flexibility index (Phi) is 4.11. The van der Waals surface area contributed by atoms with E-state index >= 15 is 0 Å². The van der Waals surface area contributed by atoms with E-state index in [1.807, 2.05) is 12.1 Å². The fraction of sp³-hybridized carbons (Fsp3) is 0.625. The quantitative estimate of drug-likeness (QED) is 0.887. The number of likely N-dealkylation sites (N-methyl/N-ethyl adjacent to an activating group) is 1. The van der Waals surface area contributed by atoms with Gasteiger partial charge in [-0.25, -0.2) is 0 Å². The highest BCUT2D eigenvalue weighted by Crippen LogP contribution is 2.41. The van der Waals surface area contributed by atoms with Crippen LogP contribution in [0.25, 0.3) is 0 Å². The highest BCUT2D eigenvalue weighted by Gasteiger charge is 2.33. The van der Waals surface area contributed by atoms with Crippen molar-refractivity contribution < 1.29 is 0 Å². The summed E-state index contributed by atoms with van der Waals surface area (Å²) in [5, 5.41) is 4.63. The van der Waals surface area contributed by atoms with Crippen LogP contribution in [0, 0.1) is 5.92 Å². The molecule has 1 N–H and O–H groups in total. The Bertz CT molecular complexity index is 413. The minimum Gasteiger partial charge on any atom is -0.308 e. The van der Waals surface area contributed by atoms with E-state index in [0.717, 1.165) is 17.5 Å². The molecule has 0 amide bonds. The molecule has 1 saturated heterocycles. The molecule has 0 radical (unpaired) electrons. The summed E-state index contributed by atoms with van der Waals surface area (Å²) < 4.78 is 0. The van der Waals surface area contributed by atoms with Crippen LogP contribution in [0.4, 0.5) is 0 Å². The largest absolute Gasteiger partial charge is 0.308 e. The zero-order chi connectivity index (χ0) is 13.2. The Morgan fingerprint density at radius 3 is 2.58 bits per heavy atom. The van der Waals surface area contributed by atoms with Crippen molar-refractivity contribution in [3.8, 4) is 0 Å². The molecule has 2 atom stereocenters. The first kappa shape index (κ1) is 13.4. The summed E-state index contributed by atoms with van der Waals surface area (Å²) in [5.74, 6) is 0.827. The van der Waals surface area contributed by atoms with Gasteiger partial charge in [0, 0.05) is 23.7 Å². The molecular weight excluding hydrogens is 256 g/mol. The van der Waals surface area contributed by atoms with Gasteiger partial charge < -0.3 is 10.2 Å². The van der Waals surface area contributed by atoms with Crippen LogP contribution >= 0.6 is 11.6 Å². The van der Waals surface area contributed by atoms with Gasteiger partial charge in [-0.2, -0.15) is 0 Å². The summed E-state index contributed by atoms with van der Waals surface area (Å²) >= 11 is 5.98. The van der Waals surface area contributed by atoms with E-state index in [2.05, 4.69) is 29.4 Å². The first-order valence-electron chi connectivity index (χ1n) is 7.43. The Morgan fingerprint density at radius 1 is 1.26 bits per heavy atom. The van der Waals surface area contributed by atoms with Gasteiger partial charge in [0.05, 0.1) is 0 Å². The second kappa shape index (κ2) is 5.82. The lowest BCUT2D eigenvalue weighted by Gasteiger charge is -2.25. The Labute approximate surface area is 121 Å². The van der Waals surface area contributed by atoms with Gasteiger partial charge in [0.15, 0.2) is 0 Å². The molecule has 1 aromatic carbocycles. The lowest BCUT2D eigenvalue weighted by molar-refractivity contribution is 0.287. The van der Waals surface area contributed by atoms with E-state index in [-0.39, 0.29) is 0 Å². The minimum absolute atomic E-state index is 0.520. The number of likely N-dealkylation sites (tertiary alicyclic amines) is 1. The van der Waals surface area contributed by atoms with Gasteiger partial charge in [-0.3, -0.25) is 0 Å². The monoisotopic (exact) mass is 278 g/mol. The van der Waals surface area contributed by atoms with Crippen LogP contribution in [0.1, 0.15) is 37.3 Å². The first-order chi connectivity index (χ1) is 9.24. The van der Waals surface area contributed by atoms with Crippen LogP contribution in [0.5, 0.6) is 0 Å². The number of hydrogen-bond donors (Lipinski definition) is 1. The molecule has 0 bridgehead atoms. The summed E-state index contributed by atoms with van der Waals surface area (Å²) in [6.07, 6.45) is 5.40. The van der Waals surface area contributed by atoms with E-state index in [0.29, 0.717) is 12.1 Å². The molecule has 2 fully saturated rings. The van der Waals surface area contributed by atoms with Crippen molar-refractivity contribution in [3.63, 3.8) is 0 Å². The zero-order valence-electron chi connectivity index (χ0n) is 11.6. The molecule has 1 saturated carbocycles. The second-order valence-electron chi connectivity index (χ2n) is 6.05. The van der Waals surface area contributed by atoms with E-state index in [1.54, 1.807) is 0 Å². The van der Waals surface area contributed by atoms with Crippen LogP contribution in [-0.2, 0) is 0 Å². The number of nitrogens with zero attached hydrogens (tertiary/aromatic N) is 1. The fourth-order valence-corrected chi connectivity index (χ4v) is 3.28. The molecule has 2 aliphatic rings. The maximum Gasteiger partial charge on any atom is 0.0406 e. The molecule has 0 aromatic heterocycles. The average Bonchev–Trinajstić information content (AvgIpc) is 3.16. The van der Waals surface area contributed by atoms with Crippen molar-refractivity contribution in [1.29, 1.82) is 0 Å². The smallest absolute Gasteiger partial charge is 0.0406 e. The van der Waals surface area contributed by atoms with Gasteiger partial charge in [-0.15, -0.1) is 0 Å². The normalized spacial score (nSPS) is 25.7. The van der Waals surface area contributed by atoms with Crippen LogP contribution < -0.4 is 5.32 Å². The molecule has 1 heterocycles. The molecule has 2 unspecified atom stereocenters. The SMILES string of the molecule is CN1CCCC1CNC(c1ccc(Cl)cc1)C1CC1. The molecule has 3 rings (SSSR count). The van der Waals surface area contributed by atoms with E-state index in [9.17, 15) is 0 Å². The Hall–Kier alpha value is -0.570. The number of rotatable bonds is 5. The summed E-state index contributed by atoms with van der Waals surface area (Å²) in [7, 11) is 2.24. The van der Waals surface area contributed by atoms with Gasteiger partial charge in [0.2, 0.25) is 0 Å². The summed E-state index contributed by atoms with van der Waals surface area (Å²) in [6.45, 7) is 2.36. The van der Waals surface area contributed by atoms with Crippen molar-refractivity contribution in [2.45, 2.75) is 37.8 Å². The fourth-order valence-electron chi connectivity index (χ4n) is 3.16. The zero-order valence-corrected chi connectivity index (χ0v) is 12.4. The summed E-state index contributed by atoms with van der Waals surface area (Å²) in [6, 6.07) is 9.61. The molecule has 19 heavy (non-hydrogen) atoms. The third-order valence-electron chi connectivity index (χ3n) is 4.57. The number of hydrogen-bond acceptors (Lipinski definition) is 2. The van der Waals surface area contributed by atoms with Gasteiger partial charge >= 0.3 is 0 Å². The molecule has 1 aliphatic heterocycles. The van der Waals surface area contributed by atoms with Crippen LogP contribution in [-0.4, -0.2) is 31.1 Å². The maximum atomic E-state index is 5.98. The molecule has 1 aliphatic carbocycles. The Balaban J connectivity index is 1.63. The molecule has 1 aromatic rings. The number of benzene rings is 1. The van der Waals surface area contributed by atoms with E-state index in [1.165, 1.54) is 37.8 Å². The maximum absolute atomic E-state index is 5.98. The predicted octanol–water partition coefficient (Wildman–Crippen LogP) is 3.47. The molecular formula is C16H23ClN2. The standard InChI is InChI=1S/C16H23ClN2/c1-19-10-2-3-15(19)11-18-16(12-4-5-12)13-6-8-14(17)9-7-13/h6-9,12,15-16,18H,2-5,10-11H2,1H3. The van der Waals surface area contributed by atoms with Gasteiger partial charge in [0.1, 0.15) is 0 Å². The molecule has 2 nitrogen and oxygen atoms in total. The third-order valence-corrected chi connectivity index (χ3v) is 4.82. The van der Waals surface area contributed by atoms with Gasteiger partial charge in [-0.05, 0) is 62.9 Å². The molecule has 104 valence electrons. The topological polar surface area (TPSA) is 15.3 Å². The lowest BCUT2D eigenvalue weighted by Crippen LogP contribution is -2.37. The van der Waals surface area contributed by atoms with E-state index in [4.69, 9.17) is 11.6 Å². The summed E-state index contributed by atoms with van der Waals surface area (Å²) in [4.78, 5) is 2.48. The van der Waals surface area contributed by atoms with Crippen LogP contribution in [0.15, 0.2) is 24.3 Å². The first-order valence-corrected chi connectivity index (χ1v) is 7.81. The highest BCUT2D eigenvalue weighted by atomic mass is 35.5. The third kappa shape index (κ3) is 3.31. The number of nitrogens with one attached hydrogen (secondary N) is 1. The highest BCUT2D eigenvalue weighted by molar-refractivity contribution is 6.30. The average molecular weight is 279 g/mol. The minimum atomic E-state index is 0.520. The van der Waals surface area contributed by atoms with Crippen molar-refractivity contribution in [2.75, 3.05) is 20.1 Å². The van der Waals surface area contributed by atoms with Gasteiger partial charge in [0.25, 0.3) is 0 Å². The molecule has 3 heteroatoms. The van der Waals surface area contributed by atoms with Crippen molar-refractivity contribution in [2.24, 2.45) is 5.92 Å². The van der Waals surface area contributed by atoms with Crippen LogP contribution in [0.3, 0.4) is 0 Å². The second-order valence-corrected chi connectivity index (χ2v) is 6.49. The van der Waals surface area contributed by atoms with Crippen molar-refractivity contribution in [1.82, 2.24) is 10.2 Å². The van der Waals surface area contributed by atoms with E-state index < -0.39 is 0 Å². The van der Waals surface area contributed by atoms with Crippen molar-refractivity contribution in [3.05, 3.63) is 34.9 Å². The Morgan fingerprint density at radius 2 is 2.00 bits per heavy atom.